The number of ether oxygens (including phenoxy) is 1. The molecule has 1 aliphatic heterocycles. The van der Waals surface area contributed by atoms with E-state index < -0.39 is 0 Å². The van der Waals surface area contributed by atoms with Crippen LogP contribution >= 0.6 is 0 Å². The normalized spacial score (nSPS) is 12.1. The monoisotopic (exact) mass is 277 g/mol. The molecule has 3 heteroatoms. The quantitative estimate of drug-likeness (QED) is 0.515. The molecule has 0 fully saturated rings. The Bertz CT molecular complexity index is 819. The van der Waals surface area contributed by atoms with Gasteiger partial charge in [0.15, 0.2) is 7.05 Å². The van der Waals surface area contributed by atoms with Gasteiger partial charge in [-0.3, -0.25) is 0 Å². The van der Waals surface area contributed by atoms with Crippen LogP contribution in [0.15, 0.2) is 54.6 Å². The van der Waals surface area contributed by atoms with Crippen molar-refractivity contribution < 1.29 is 9.42 Å². The van der Waals surface area contributed by atoms with Gasteiger partial charge in [-0.05, 0) is 24.3 Å². The number of hydrogen-bond acceptors (Lipinski definition) is 1. The van der Waals surface area contributed by atoms with E-state index in [1.807, 2.05) is 12.1 Å². The molecule has 3 aromatic rings. The van der Waals surface area contributed by atoms with E-state index in [0.29, 0.717) is 0 Å². The molecule has 0 bridgehead atoms. The highest BCUT2D eigenvalue weighted by molar-refractivity contribution is 5.61. The van der Waals surface area contributed by atoms with Gasteiger partial charge in [-0.1, -0.05) is 24.3 Å². The van der Waals surface area contributed by atoms with Gasteiger partial charge >= 0.3 is 0 Å². The average Bonchev–Trinajstić information content (AvgIpc) is 3.05. The molecule has 21 heavy (non-hydrogen) atoms. The van der Waals surface area contributed by atoms with Gasteiger partial charge in [0, 0.05) is 23.6 Å². The summed E-state index contributed by atoms with van der Waals surface area (Å²) in [4.78, 5) is 0. The van der Waals surface area contributed by atoms with Crippen molar-refractivity contribution in [3.8, 4) is 22.7 Å². The Balaban J connectivity index is 1.91. The molecule has 4 rings (SSSR count). The lowest BCUT2D eigenvalue weighted by Gasteiger charge is -2.06. The number of hydrogen-bond donors (Lipinski definition) is 0. The maximum Gasteiger partial charge on any atom is 0.239 e. The van der Waals surface area contributed by atoms with E-state index in [4.69, 9.17) is 4.74 Å². The van der Waals surface area contributed by atoms with E-state index >= 15 is 0 Å². The zero-order chi connectivity index (χ0) is 14.4. The van der Waals surface area contributed by atoms with Crippen LogP contribution in [0.25, 0.3) is 16.9 Å². The van der Waals surface area contributed by atoms with Crippen LogP contribution in [0.4, 0.5) is 0 Å². The molecule has 0 atom stereocenters. The third-order valence-electron chi connectivity index (χ3n) is 4.21. The molecule has 0 amide bonds. The molecule has 2 aromatic carbocycles. The number of nitrogens with zero attached hydrogens (tertiary/aromatic N) is 2. The SMILES string of the molecule is COc1cccc2c1Cc1cc(-c3ccccc3)[n+](C)n1-2. The highest BCUT2D eigenvalue weighted by Gasteiger charge is 2.31. The Morgan fingerprint density at radius 2 is 1.86 bits per heavy atom. The molecular weight excluding hydrogens is 260 g/mol. The maximum atomic E-state index is 5.49. The van der Waals surface area contributed by atoms with Crippen molar-refractivity contribution in [2.24, 2.45) is 7.05 Å². The molecule has 0 radical (unpaired) electrons. The number of aromatic nitrogens is 2. The molecule has 0 saturated heterocycles. The Kier molecular flexibility index (Phi) is 2.61. The molecule has 0 unspecified atom stereocenters. The van der Waals surface area contributed by atoms with E-state index in [1.54, 1.807) is 7.11 Å². The van der Waals surface area contributed by atoms with Crippen molar-refractivity contribution >= 4 is 0 Å². The minimum Gasteiger partial charge on any atom is -0.496 e. The van der Waals surface area contributed by atoms with Crippen LogP contribution in [0.5, 0.6) is 5.75 Å². The van der Waals surface area contributed by atoms with Crippen LogP contribution in [0.3, 0.4) is 0 Å². The van der Waals surface area contributed by atoms with Gasteiger partial charge in [-0.25, -0.2) is 0 Å². The smallest absolute Gasteiger partial charge is 0.239 e. The van der Waals surface area contributed by atoms with E-state index in [9.17, 15) is 0 Å². The fourth-order valence-electron chi connectivity index (χ4n) is 3.24. The second kappa shape index (κ2) is 4.48. The number of benzene rings is 2. The molecule has 0 N–H and O–H groups in total. The summed E-state index contributed by atoms with van der Waals surface area (Å²) in [5.41, 5.74) is 6.26. The Labute approximate surface area is 124 Å². The number of fused-ring (bicyclic) bond motifs is 3. The molecule has 104 valence electrons. The Morgan fingerprint density at radius 3 is 2.62 bits per heavy atom. The van der Waals surface area contributed by atoms with Gasteiger partial charge in [-0.2, -0.15) is 0 Å². The summed E-state index contributed by atoms with van der Waals surface area (Å²) >= 11 is 0. The van der Waals surface area contributed by atoms with Crippen molar-refractivity contribution in [2.45, 2.75) is 6.42 Å². The Hall–Kier alpha value is -2.55. The number of methoxy groups -OCH3 is 1. The molecule has 0 spiro atoms. The Morgan fingerprint density at radius 1 is 1.05 bits per heavy atom. The zero-order valence-corrected chi connectivity index (χ0v) is 12.2. The van der Waals surface area contributed by atoms with Crippen molar-refractivity contribution in [3.05, 3.63) is 65.9 Å². The predicted octanol–water partition coefficient (Wildman–Crippen LogP) is 2.88. The van der Waals surface area contributed by atoms with E-state index in [0.717, 1.165) is 12.2 Å². The molecule has 1 aliphatic rings. The lowest BCUT2D eigenvalue weighted by Crippen LogP contribution is -2.39. The molecular formula is C18H17N2O+. The first-order chi connectivity index (χ1) is 10.3. The van der Waals surface area contributed by atoms with Crippen LogP contribution in [0.1, 0.15) is 11.3 Å². The molecule has 1 aromatic heterocycles. The second-order valence-corrected chi connectivity index (χ2v) is 5.36. The van der Waals surface area contributed by atoms with Crippen LogP contribution in [0.2, 0.25) is 0 Å². The van der Waals surface area contributed by atoms with Gasteiger partial charge in [0.1, 0.15) is 11.4 Å². The fourth-order valence-corrected chi connectivity index (χ4v) is 3.24. The molecule has 3 nitrogen and oxygen atoms in total. The van der Waals surface area contributed by atoms with Gasteiger partial charge < -0.3 is 4.74 Å². The lowest BCUT2D eigenvalue weighted by molar-refractivity contribution is -0.734. The van der Waals surface area contributed by atoms with Crippen LogP contribution in [-0.2, 0) is 13.5 Å². The average molecular weight is 277 g/mol. The minimum atomic E-state index is 0.917. The van der Waals surface area contributed by atoms with Gasteiger partial charge in [-0.15, -0.1) is 9.36 Å². The largest absolute Gasteiger partial charge is 0.496 e. The topological polar surface area (TPSA) is 18.0 Å². The second-order valence-electron chi connectivity index (χ2n) is 5.36. The van der Waals surface area contributed by atoms with Crippen molar-refractivity contribution in [1.82, 2.24) is 4.68 Å². The third kappa shape index (κ3) is 1.70. The summed E-state index contributed by atoms with van der Waals surface area (Å²) in [6, 6.07) is 19.0. The van der Waals surface area contributed by atoms with E-state index in [-0.39, 0.29) is 0 Å². The van der Waals surface area contributed by atoms with Crippen molar-refractivity contribution in [2.75, 3.05) is 7.11 Å². The molecule has 0 aliphatic carbocycles. The van der Waals surface area contributed by atoms with Crippen LogP contribution in [-0.4, -0.2) is 11.8 Å². The first-order valence-electron chi connectivity index (χ1n) is 7.12. The maximum absolute atomic E-state index is 5.49. The summed E-state index contributed by atoms with van der Waals surface area (Å²) in [7, 11) is 3.85. The van der Waals surface area contributed by atoms with Gasteiger partial charge in [0.25, 0.3) is 0 Å². The minimum absolute atomic E-state index is 0.917. The zero-order valence-electron chi connectivity index (χ0n) is 12.2. The predicted molar refractivity (Wildman–Crippen MR) is 81.7 cm³/mol. The fraction of sp³-hybridized carbons (Fsp3) is 0.167. The summed E-state index contributed by atoms with van der Waals surface area (Å²) in [5.74, 6) is 0.970. The molecule has 2 heterocycles. The highest BCUT2D eigenvalue weighted by Crippen LogP contribution is 2.34. The van der Waals surface area contributed by atoms with Crippen LogP contribution < -0.4 is 9.42 Å². The third-order valence-corrected chi connectivity index (χ3v) is 4.21. The first kappa shape index (κ1) is 12.2. The van der Waals surface area contributed by atoms with Gasteiger partial charge in [0.05, 0.1) is 12.8 Å². The summed E-state index contributed by atoms with van der Waals surface area (Å²) < 4.78 is 9.99. The van der Waals surface area contributed by atoms with Crippen molar-refractivity contribution in [1.29, 1.82) is 0 Å². The first-order valence-corrected chi connectivity index (χ1v) is 7.12. The lowest BCUT2D eigenvalue weighted by atomic mass is 10.1. The standard InChI is InChI=1S/C18H17N2O/c1-19-17(13-7-4-3-5-8-13)12-14-11-15-16(20(14)19)9-6-10-18(15)21-2/h3-10,12H,11H2,1-2H3/q+1. The van der Waals surface area contributed by atoms with Gasteiger partial charge in [0.2, 0.25) is 5.69 Å². The summed E-state index contributed by atoms with van der Waals surface area (Å²) in [5, 5.41) is 0. The summed E-state index contributed by atoms with van der Waals surface area (Å²) in [6.45, 7) is 0. The van der Waals surface area contributed by atoms with Crippen LogP contribution in [0, 0.1) is 0 Å². The number of rotatable bonds is 2. The molecule has 0 saturated carbocycles. The van der Waals surface area contributed by atoms with Crippen molar-refractivity contribution in [3.63, 3.8) is 0 Å². The van der Waals surface area contributed by atoms with E-state index in [1.165, 1.54) is 28.2 Å². The summed E-state index contributed by atoms with van der Waals surface area (Å²) in [6.07, 6.45) is 0.917. The van der Waals surface area contributed by atoms with E-state index in [2.05, 4.69) is 58.9 Å². The highest BCUT2D eigenvalue weighted by atomic mass is 16.5.